The van der Waals surface area contributed by atoms with Gasteiger partial charge in [-0.2, -0.15) is 0 Å². The third kappa shape index (κ3) is 4.16. The first-order valence-electron chi connectivity index (χ1n) is 13.5. The maximum absolute atomic E-state index is 14.0. The molecule has 1 atom stereocenters. The summed E-state index contributed by atoms with van der Waals surface area (Å²) >= 11 is 0. The second-order valence-electron chi connectivity index (χ2n) is 11.1. The second-order valence-corrected chi connectivity index (χ2v) is 11.1. The number of carbonyl (C=O) groups is 1. The van der Waals surface area contributed by atoms with Crippen LogP contribution in [0.1, 0.15) is 84.9 Å². The molecule has 36 heavy (non-hydrogen) atoms. The average Bonchev–Trinajstić information content (AvgIpc) is 3.83. The molecule has 3 saturated carbocycles. The highest BCUT2D eigenvalue weighted by Gasteiger charge is 2.41. The zero-order valence-corrected chi connectivity index (χ0v) is 20.3. The van der Waals surface area contributed by atoms with Gasteiger partial charge in [-0.25, -0.2) is 9.37 Å². The van der Waals surface area contributed by atoms with Crippen LogP contribution in [0.15, 0.2) is 48.7 Å². The Hall–Kier alpha value is -3.28. The minimum absolute atomic E-state index is 0.00420. The fourth-order valence-corrected chi connectivity index (χ4v) is 6.39. The highest BCUT2D eigenvalue weighted by Crippen LogP contribution is 2.52. The van der Waals surface area contributed by atoms with Gasteiger partial charge in [-0.1, -0.05) is 0 Å². The van der Waals surface area contributed by atoms with Crippen LogP contribution < -0.4 is 5.32 Å². The largest absolute Gasteiger partial charge is 0.349 e. The summed E-state index contributed by atoms with van der Waals surface area (Å²) in [5, 5.41) is 4.03. The van der Waals surface area contributed by atoms with E-state index in [1.54, 1.807) is 12.1 Å². The van der Waals surface area contributed by atoms with E-state index in [-0.39, 0.29) is 11.7 Å². The van der Waals surface area contributed by atoms with Gasteiger partial charge in [0.25, 0.3) is 5.91 Å². The van der Waals surface area contributed by atoms with Crippen molar-refractivity contribution in [3.63, 3.8) is 0 Å². The molecule has 4 aromatic rings. The number of aromatic amines is 1. The van der Waals surface area contributed by atoms with Crippen molar-refractivity contribution in [3.8, 4) is 0 Å². The Bertz CT molecular complexity index is 1450. The van der Waals surface area contributed by atoms with E-state index in [0.29, 0.717) is 35.3 Å². The molecule has 5 nitrogen and oxygen atoms in total. The van der Waals surface area contributed by atoms with Crippen molar-refractivity contribution in [3.05, 3.63) is 71.4 Å². The van der Waals surface area contributed by atoms with Gasteiger partial charge in [-0.15, -0.1) is 0 Å². The van der Waals surface area contributed by atoms with Crippen molar-refractivity contribution < 1.29 is 9.18 Å². The van der Waals surface area contributed by atoms with Gasteiger partial charge >= 0.3 is 0 Å². The first kappa shape index (κ1) is 22.0. The van der Waals surface area contributed by atoms with Crippen molar-refractivity contribution in [1.29, 1.82) is 0 Å². The first-order chi connectivity index (χ1) is 17.6. The minimum Gasteiger partial charge on any atom is -0.349 e. The van der Waals surface area contributed by atoms with Crippen LogP contribution in [0.4, 0.5) is 4.39 Å². The predicted molar refractivity (Wildman–Crippen MR) is 138 cm³/mol. The summed E-state index contributed by atoms with van der Waals surface area (Å²) in [6, 6.07) is 13.2. The molecular weight excluding hydrogens is 451 g/mol. The topological polar surface area (TPSA) is 70.7 Å². The van der Waals surface area contributed by atoms with Crippen molar-refractivity contribution in [2.75, 3.05) is 0 Å². The Morgan fingerprint density at radius 3 is 2.44 bits per heavy atom. The van der Waals surface area contributed by atoms with Crippen LogP contribution in [0.5, 0.6) is 0 Å². The average molecular weight is 483 g/mol. The van der Waals surface area contributed by atoms with Gasteiger partial charge in [0.15, 0.2) is 0 Å². The summed E-state index contributed by atoms with van der Waals surface area (Å²) in [7, 11) is 0. The number of rotatable bonds is 6. The molecule has 3 aliphatic rings. The van der Waals surface area contributed by atoms with E-state index >= 15 is 0 Å². The number of halogens is 1. The van der Waals surface area contributed by atoms with Crippen LogP contribution in [0.3, 0.4) is 0 Å². The number of carbonyl (C=O) groups excluding carboxylic acids is 1. The number of nitrogens with one attached hydrogen (secondary N) is 2. The Labute approximate surface area is 209 Å². The minimum atomic E-state index is -0.197. The molecule has 2 heterocycles. The van der Waals surface area contributed by atoms with Crippen LogP contribution >= 0.6 is 0 Å². The lowest BCUT2D eigenvalue weighted by Gasteiger charge is -2.34. The maximum atomic E-state index is 14.0. The number of hydrogen-bond donors (Lipinski definition) is 2. The smallest absolute Gasteiger partial charge is 0.251 e. The predicted octanol–water partition coefficient (Wildman–Crippen LogP) is 6.61. The number of nitrogens with zero attached hydrogens (tertiary/aromatic N) is 2. The highest BCUT2D eigenvalue weighted by atomic mass is 19.1. The van der Waals surface area contributed by atoms with E-state index in [1.165, 1.54) is 24.5 Å². The van der Waals surface area contributed by atoms with Gasteiger partial charge in [0, 0.05) is 29.1 Å². The molecule has 1 amide bonds. The maximum Gasteiger partial charge on any atom is 0.251 e. The summed E-state index contributed by atoms with van der Waals surface area (Å²) in [6.07, 6.45) is 11.1. The molecular formula is C30H31FN4O. The number of fused-ring (bicyclic) bond motifs is 2. The molecule has 1 unspecified atom stereocenters. The normalized spacial score (nSPS) is 23.1. The molecule has 0 saturated heterocycles. The number of imidazole rings is 1. The number of aromatic nitrogens is 3. The SMILES string of the molecule is O=C(NC1CC1)c1ccc2[nH]c(C(C3CC3)[C@H]3CC[C@@H](c4ccnc5ccc(F)cc54)CC3)nc2c1. The number of hydrogen-bond acceptors (Lipinski definition) is 3. The number of H-pyrrole nitrogens is 1. The Balaban J connectivity index is 1.11. The van der Waals surface area contributed by atoms with Gasteiger partial charge in [0.05, 0.1) is 16.6 Å². The van der Waals surface area contributed by atoms with E-state index in [1.807, 2.05) is 24.4 Å². The van der Waals surface area contributed by atoms with Crippen LogP contribution in [-0.4, -0.2) is 26.9 Å². The Morgan fingerprint density at radius 1 is 0.917 bits per heavy atom. The fourth-order valence-electron chi connectivity index (χ4n) is 6.39. The summed E-state index contributed by atoms with van der Waals surface area (Å²) in [5.74, 6) is 3.07. The number of pyridine rings is 1. The molecule has 184 valence electrons. The lowest BCUT2D eigenvalue weighted by atomic mass is 9.72. The van der Waals surface area contributed by atoms with Crippen LogP contribution in [-0.2, 0) is 0 Å². The van der Waals surface area contributed by atoms with Crippen molar-refractivity contribution >= 4 is 27.8 Å². The van der Waals surface area contributed by atoms with E-state index < -0.39 is 0 Å². The van der Waals surface area contributed by atoms with Crippen LogP contribution in [0, 0.1) is 17.7 Å². The molecule has 0 aliphatic heterocycles. The Morgan fingerprint density at radius 2 is 1.69 bits per heavy atom. The highest BCUT2D eigenvalue weighted by molar-refractivity contribution is 5.97. The second kappa shape index (κ2) is 8.68. The molecule has 2 N–H and O–H groups in total. The molecule has 0 radical (unpaired) electrons. The molecule has 3 aliphatic carbocycles. The monoisotopic (exact) mass is 482 g/mol. The lowest BCUT2D eigenvalue weighted by Crippen LogP contribution is -2.25. The molecule has 6 heteroatoms. The van der Waals surface area contributed by atoms with E-state index in [2.05, 4.69) is 21.4 Å². The fraction of sp³-hybridized carbons (Fsp3) is 0.433. The number of benzene rings is 2. The van der Waals surface area contributed by atoms with E-state index in [0.717, 1.165) is 66.3 Å². The number of amides is 1. The molecule has 0 spiro atoms. The van der Waals surface area contributed by atoms with Gasteiger partial charge in [0.1, 0.15) is 11.6 Å². The lowest BCUT2D eigenvalue weighted by molar-refractivity contribution is 0.0951. The van der Waals surface area contributed by atoms with Gasteiger partial charge in [0.2, 0.25) is 0 Å². The van der Waals surface area contributed by atoms with Crippen molar-refractivity contribution in [2.24, 2.45) is 11.8 Å². The van der Waals surface area contributed by atoms with Crippen molar-refractivity contribution in [1.82, 2.24) is 20.3 Å². The molecule has 2 aromatic heterocycles. The molecule has 2 aromatic carbocycles. The summed E-state index contributed by atoms with van der Waals surface area (Å²) in [4.78, 5) is 25.6. The zero-order chi connectivity index (χ0) is 24.2. The summed E-state index contributed by atoms with van der Waals surface area (Å²) in [6.45, 7) is 0. The van der Waals surface area contributed by atoms with Crippen LogP contribution in [0.2, 0.25) is 0 Å². The standard InChI is InChI=1S/C30H31FN4O/c31-21-8-12-25-24(16-21)23(13-14-32-25)17-1-3-18(4-2-17)28(19-5-6-19)29-34-26-11-7-20(15-27(26)35-29)30(36)33-22-9-10-22/h7-8,11-19,22,28H,1-6,9-10H2,(H,33,36)(H,34,35)/t17-,18+,28?. The van der Waals surface area contributed by atoms with Crippen LogP contribution in [0.25, 0.3) is 21.9 Å². The summed E-state index contributed by atoms with van der Waals surface area (Å²) in [5.41, 5.74) is 4.70. The van der Waals surface area contributed by atoms with E-state index in [9.17, 15) is 9.18 Å². The molecule has 7 rings (SSSR count). The quantitative estimate of drug-likeness (QED) is 0.325. The zero-order valence-electron chi connectivity index (χ0n) is 20.3. The van der Waals surface area contributed by atoms with Gasteiger partial charge in [-0.3, -0.25) is 9.78 Å². The third-order valence-corrected chi connectivity index (χ3v) is 8.58. The van der Waals surface area contributed by atoms with Crippen molar-refractivity contribution in [2.45, 2.75) is 69.2 Å². The third-order valence-electron chi connectivity index (χ3n) is 8.58. The first-order valence-corrected chi connectivity index (χ1v) is 13.5. The van der Waals surface area contributed by atoms with Gasteiger partial charge in [-0.05, 0) is 117 Å². The molecule has 3 fully saturated rings. The van der Waals surface area contributed by atoms with E-state index in [4.69, 9.17) is 4.98 Å². The molecule has 0 bridgehead atoms. The van der Waals surface area contributed by atoms with Gasteiger partial charge < -0.3 is 10.3 Å². The Kier molecular flexibility index (Phi) is 5.30. The summed E-state index contributed by atoms with van der Waals surface area (Å²) < 4.78 is 14.0.